The van der Waals surface area contributed by atoms with E-state index in [9.17, 15) is 4.79 Å². The lowest BCUT2D eigenvalue weighted by Gasteiger charge is -2.04. The Hall–Kier alpha value is -1.31. The van der Waals surface area contributed by atoms with Gasteiger partial charge in [-0.2, -0.15) is 0 Å². The van der Waals surface area contributed by atoms with Gasteiger partial charge in [0.15, 0.2) is 0 Å². The normalized spacial score (nSPS) is 11.0. The maximum absolute atomic E-state index is 10.5. The quantitative estimate of drug-likeness (QED) is 0.759. The van der Waals surface area contributed by atoms with Crippen LogP contribution in [0.3, 0.4) is 0 Å². The molecule has 13 heavy (non-hydrogen) atoms. The molecule has 0 saturated heterocycles. The fourth-order valence-corrected chi connectivity index (χ4v) is 0.884. The highest BCUT2D eigenvalue weighted by atomic mass is 16.4. The van der Waals surface area contributed by atoms with Crippen molar-refractivity contribution in [3.63, 3.8) is 0 Å². The first-order valence-electron chi connectivity index (χ1n) is 4.49. The lowest BCUT2D eigenvalue weighted by Crippen LogP contribution is -2.06. The molecule has 2 heteroatoms. The standard InChI is InChI=1S/C9H10O2.C2H6/c1-7(9(10)11)8-5-3-2-4-6-8;1-2/h2-7H,1H3,(H,10,11);1-2H3. The van der Waals surface area contributed by atoms with Gasteiger partial charge in [0, 0.05) is 0 Å². The molecule has 1 N–H and O–H groups in total. The van der Waals surface area contributed by atoms with Crippen LogP contribution < -0.4 is 0 Å². The van der Waals surface area contributed by atoms with Crippen molar-refractivity contribution in [3.8, 4) is 0 Å². The van der Waals surface area contributed by atoms with E-state index in [4.69, 9.17) is 5.11 Å². The summed E-state index contributed by atoms with van der Waals surface area (Å²) >= 11 is 0. The summed E-state index contributed by atoms with van der Waals surface area (Å²) in [6.45, 7) is 5.68. The summed E-state index contributed by atoms with van der Waals surface area (Å²) in [5, 5.41) is 8.64. The molecule has 1 rings (SSSR count). The van der Waals surface area contributed by atoms with Crippen LogP contribution in [0.15, 0.2) is 30.3 Å². The summed E-state index contributed by atoms with van der Waals surface area (Å²) in [4.78, 5) is 10.5. The van der Waals surface area contributed by atoms with Crippen molar-refractivity contribution in [2.24, 2.45) is 0 Å². The highest BCUT2D eigenvalue weighted by molar-refractivity contribution is 5.75. The lowest BCUT2D eigenvalue weighted by atomic mass is 10.0. The first-order valence-corrected chi connectivity index (χ1v) is 4.49. The zero-order chi connectivity index (χ0) is 10.3. The molecular formula is C11H16O2. The highest BCUT2D eigenvalue weighted by Gasteiger charge is 2.11. The minimum atomic E-state index is -0.781. The second-order valence-corrected chi connectivity index (χ2v) is 2.47. The summed E-state index contributed by atoms with van der Waals surface area (Å²) in [7, 11) is 0. The van der Waals surface area contributed by atoms with Gasteiger partial charge in [-0.25, -0.2) is 0 Å². The Kier molecular flexibility index (Phi) is 5.60. The first-order chi connectivity index (χ1) is 6.22. The van der Waals surface area contributed by atoms with Crippen molar-refractivity contribution in [1.29, 1.82) is 0 Å². The third-order valence-corrected chi connectivity index (χ3v) is 1.67. The van der Waals surface area contributed by atoms with Crippen LogP contribution in [-0.4, -0.2) is 11.1 Å². The number of benzene rings is 1. The molecule has 1 aromatic rings. The number of hydrogen-bond donors (Lipinski definition) is 1. The Morgan fingerprint density at radius 3 is 2.08 bits per heavy atom. The van der Waals surface area contributed by atoms with Gasteiger partial charge in [-0.05, 0) is 12.5 Å². The molecule has 0 aliphatic carbocycles. The van der Waals surface area contributed by atoms with Crippen LogP contribution in [0.4, 0.5) is 0 Å². The van der Waals surface area contributed by atoms with Crippen LogP contribution in [0, 0.1) is 0 Å². The average Bonchev–Trinajstić information content (AvgIpc) is 2.21. The van der Waals surface area contributed by atoms with Crippen LogP contribution in [0.1, 0.15) is 32.3 Å². The maximum atomic E-state index is 10.5. The molecule has 0 aliphatic rings. The topological polar surface area (TPSA) is 37.3 Å². The Balaban J connectivity index is 0.000000671. The van der Waals surface area contributed by atoms with E-state index in [1.165, 1.54) is 0 Å². The molecule has 72 valence electrons. The molecule has 0 saturated carbocycles. The summed E-state index contributed by atoms with van der Waals surface area (Å²) in [6, 6.07) is 9.19. The van der Waals surface area contributed by atoms with Crippen molar-refractivity contribution in [2.75, 3.05) is 0 Å². The highest BCUT2D eigenvalue weighted by Crippen LogP contribution is 2.13. The predicted octanol–water partition coefficient (Wildman–Crippen LogP) is 2.90. The molecule has 0 aliphatic heterocycles. The summed E-state index contributed by atoms with van der Waals surface area (Å²) < 4.78 is 0. The van der Waals surface area contributed by atoms with E-state index in [1.54, 1.807) is 6.92 Å². The van der Waals surface area contributed by atoms with Gasteiger partial charge in [0.05, 0.1) is 5.92 Å². The van der Waals surface area contributed by atoms with E-state index in [-0.39, 0.29) is 0 Å². The van der Waals surface area contributed by atoms with Gasteiger partial charge in [-0.1, -0.05) is 44.2 Å². The van der Waals surface area contributed by atoms with Crippen LogP contribution in [0.25, 0.3) is 0 Å². The van der Waals surface area contributed by atoms with E-state index >= 15 is 0 Å². The Morgan fingerprint density at radius 1 is 1.23 bits per heavy atom. The van der Waals surface area contributed by atoms with Crippen molar-refractivity contribution in [1.82, 2.24) is 0 Å². The third kappa shape index (κ3) is 3.74. The molecule has 2 nitrogen and oxygen atoms in total. The lowest BCUT2D eigenvalue weighted by molar-refractivity contribution is -0.138. The summed E-state index contributed by atoms with van der Waals surface area (Å²) in [5.41, 5.74) is 0.847. The fourth-order valence-electron chi connectivity index (χ4n) is 0.884. The van der Waals surface area contributed by atoms with Gasteiger partial charge in [0.1, 0.15) is 0 Å². The third-order valence-electron chi connectivity index (χ3n) is 1.67. The molecule has 0 spiro atoms. The first kappa shape index (κ1) is 11.7. The Labute approximate surface area is 79.2 Å². The van der Waals surface area contributed by atoms with E-state index in [0.29, 0.717) is 0 Å². The zero-order valence-corrected chi connectivity index (χ0v) is 8.32. The largest absolute Gasteiger partial charge is 0.481 e. The molecule has 1 aromatic carbocycles. The number of carbonyl (C=O) groups is 1. The SMILES string of the molecule is CC.CC(C(=O)O)c1ccccc1. The Morgan fingerprint density at radius 2 is 1.69 bits per heavy atom. The second-order valence-electron chi connectivity index (χ2n) is 2.47. The zero-order valence-electron chi connectivity index (χ0n) is 8.32. The van der Waals surface area contributed by atoms with Gasteiger partial charge < -0.3 is 5.11 Å². The van der Waals surface area contributed by atoms with Crippen molar-refractivity contribution >= 4 is 5.97 Å². The summed E-state index contributed by atoms with van der Waals surface area (Å²) in [6.07, 6.45) is 0. The number of aliphatic carboxylic acids is 1. The molecular weight excluding hydrogens is 164 g/mol. The van der Waals surface area contributed by atoms with E-state index in [2.05, 4.69) is 0 Å². The minimum absolute atomic E-state index is 0.406. The minimum Gasteiger partial charge on any atom is -0.481 e. The number of hydrogen-bond acceptors (Lipinski definition) is 1. The smallest absolute Gasteiger partial charge is 0.310 e. The molecule has 1 atom stereocenters. The second kappa shape index (κ2) is 6.23. The van der Waals surface area contributed by atoms with Crippen LogP contribution >= 0.6 is 0 Å². The Bertz CT molecular complexity index is 242. The molecule has 0 fully saturated rings. The average molecular weight is 180 g/mol. The van der Waals surface area contributed by atoms with Gasteiger partial charge in [0.2, 0.25) is 0 Å². The molecule has 0 heterocycles. The van der Waals surface area contributed by atoms with E-state index in [0.717, 1.165) is 5.56 Å². The number of rotatable bonds is 2. The van der Waals surface area contributed by atoms with Gasteiger partial charge in [-0.15, -0.1) is 0 Å². The van der Waals surface area contributed by atoms with Gasteiger partial charge in [-0.3, -0.25) is 4.79 Å². The van der Waals surface area contributed by atoms with E-state index < -0.39 is 11.9 Å². The van der Waals surface area contributed by atoms with E-state index in [1.807, 2.05) is 44.2 Å². The molecule has 0 aromatic heterocycles. The van der Waals surface area contributed by atoms with Crippen molar-refractivity contribution in [2.45, 2.75) is 26.7 Å². The number of carboxylic acid groups (broad SMARTS) is 1. The van der Waals surface area contributed by atoms with Crippen molar-refractivity contribution < 1.29 is 9.90 Å². The predicted molar refractivity (Wildman–Crippen MR) is 53.8 cm³/mol. The monoisotopic (exact) mass is 180 g/mol. The summed E-state index contributed by atoms with van der Waals surface area (Å²) in [5.74, 6) is -1.19. The molecule has 0 radical (unpaired) electrons. The van der Waals surface area contributed by atoms with Gasteiger partial charge in [0.25, 0.3) is 0 Å². The van der Waals surface area contributed by atoms with Crippen LogP contribution in [0.5, 0.6) is 0 Å². The van der Waals surface area contributed by atoms with Gasteiger partial charge >= 0.3 is 5.97 Å². The fraction of sp³-hybridized carbons (Fsp3) is 0.364. The van der Waals surface area contributed by atoms with Crippen LogP contribution in [-0.2, 0) is 4.79 Å². The van der Waals surface area contributed by atoms with Crippen LogP contribution in [0.2, 0.25) is 0 Å². The molecule has 0 bridgehead atoms. The maximum Gasteiger partial charge on any atom is 0.310 e. The van der Waals surface area contributed by atoms with Crippen molar-refractivity contribution in [3.05, 3.63) is 35.9 Å². The molecule has 0 amide bonds. The number of carboxylic acids is 1. The molecule has 1 unspecified atom stereocenters.